The van der Waals surface area contributed by atoms with E-state index < -0.39 is 17.5 Å². The highest BCUT2D eigenvalue weighted by molar-refractivity contribution is 9.10. The smallest absolute Gasteiger partial charge is 0.338 e. The Balaban J connectivity index is 1.49. The van der Waals surface area contributed by atoms with Crippen LogP contribution in [0.5, 0.6) is 0 Å². The predicted molar refractivity (Wildman–Crippen MR) is 163 cm³/mol. The van der Waals surface area contributed by atoms with Crippen LogP contribution in [-0.4, -0.2) is 35.3 Å². The van der Waals surface area contributed by atoms with Crippen molar-refractivity contribution in [2.24, 2.45) is 23.2 Å². The van der Waals surface area contributed by atoms with Crippen molar-refractivity contribution in [2.75, 3.05) is 6.54 Å². The molecule has 0 bridgehead atoms. The Labute approximate surface area is 257 Å². The number of benzene rings is 2. The normalized spacial score (nSPS) is 27.4. The number of halogens is 2. The summed E-state index contributed by atoms with van der Waals surface area (Å²) in [5.41, 5.74) is 2.61. The molecular weight excluding hydrogens is 648 g/mol. The molecule has 1 heterocycles. The molecule has 1 unspecified atom stereocenters. The number of fused-ring (bicyclic) bond motifs is 3. The van der Waals surface area contributed by atoms with Crippen LogP contribution in [0.25, 0.3) is 0 Å². The zero-order chi connectivity index (χ0) is 29.3. The first-order valence-electron chi connectivity index (χ1n) is 14.0. The fraction of sp³-hybridized carbons (Fsp3) is 0.394. The number of hydrogen-bond donors (Lipinski definition) is 0. The largest absolute Gasteiger partial charge is 0.454 e. The first-order chi connectivity index (χ1) is 19.6. The number of nitriles is 1. The maximum Gasteiger partial charge on any atom is 0.338 e. The van der Waals surface area contributed by atoms with E-state index in [9.17, 15) is 19.6 Å². The Bertz CT molecular complexity index is 1460. The number of nitrogens with zero attached hydrogens (tertiary/aromatic N) is 2. The molecule has 5 rings (SSSR count). The lowest BCUT2D eigenvalue weighted by Crippen LogP contribution is -2.51. The second-order valence-electron chi connectivity index (χ2n) is 11.5. The van der Waals surface area contributed by atoms with E-state index in [1.807, 2.05) is 12.1 Å². The van der Waals surface area contributed by atoms with Gasteiger partial charge in [-0.3, -0.25) is 14.5 Å². The molecule has 41 heavy (non-hydrogen) atoms. The van der Waals surface area contributed by atoms with Crippen molar-refractivity contribution in [1.29, 1.82) is 5.26 Å². The van der Waals surface area contributed by atoms with Crippen LogP contribution in [0, 0.1) is 34.5 Å². The summed E-state index contributed by atoms with van der Waals surface area (Å²) in [6, 6.07) is 16.4. The van der Waals surface area contributed by atoms with Crippen LogP contribution in [0.1, 0.15) is 66.7 Å². The average molecular weight is 680 g/mol. The van der Waals surface area contributed by atoms with E-state index in [1.165, 1.54) is 4.90 Å². The number of allylic oxidation sites excluding steroid dienone is 2. The molecule has 8 heteroatoms. The number of carbonyl (C=O) groups excluding carboxylic acids is 3. The molecule has 0 saturated heterocycles. The molecule has 0 N–H and O–H groups in total. The Morgan fingerprint density at radius 2 is 1.71 bits per heavy atom. The summed E-state index contributed by atoms with van der Waals surface area (Å²) in [6.45, 7) is 4.50. The summed E-state index contributed by atoms with van der Waals surface area (Å²) in [7, 11) is 0. The van der Waals surface area contributed by atoms with E-state index in [1.54, 1.807) is 42.5 Å². The summed E-state index contributed by atoms with van der Waals surface area (Å²) in [5, 5.41) is 9.36. The Hall–Kier alpha value is -3.02. The summed E-state index contributed by atoms with van der Waals surface area (Å²) >= 11 is 6.81. The molecular formula is C33H32Br2N2O4. The Morgan fingerprint density at radius 1 is 1.07 bits per heavy atom. The molecule has 212 valence electrons. The van der Waals surface area contributed by atoms with Gasteiger partial charge in [0.25, 0.3) is 11.8 Å². The maximum atomic E-state index is 13.5. The van der Waals surface area contributed by atoms with Crippen LogP contribution < -0.4 is 0 Å². The molecule has 1 aliphatic heterocycles. The van der Waals surface area contributed by atoms with Crippen LogP contribution in [0.2, 0.25) is 0 Å². The molecule has 1 fully saturated rings. The fourth-order valence-corrected chi connectivity index (χ4v) is 7.63. The third-order valence-electron chi connectivity index (χ3n) is 9.21. The number of ether oxygens (including phenoxy) is 1. The highest BCUT2D eigenvalue weighted by atomic mass is 79.9. The minimum absolute atomic E-state index is 0.0928. The van der Waals surface area contributed by atoms with Gasteiger partial charge in [0.1, 0.15) is 6.10 Å². The zero-order valence-electron chi connectivity index (χ0n) is 23.1. The molecule has 2 aliphatic carbocycles. The quantitative estimate of drug-likeness (QED) is 0.184. The van der Waals surface area contributed by atoms with Gasteiger partial charge in [-0.1, -0.05) is 49.9 Å². The molecule has 0 aromatic heterocycles. The summed E-state index contributed by atoms with van der Waals surface area (Å²) < 4.78 is 7.99. The average Bonchev–Trinajstić information content (AvgIpc) is 3.08. The van der Waals surface area contributed by atoms with E-state index in [4.69, 9.17) is 4.74 Å². The van der Waals surface area contributed by atoms with Gasteiger partial charge in [-0.25, -0.2) is 4.79 Å². The third kappa shape index (κ3) is 5.85. The molecule has 2 aromatic rings. The van der Waals surface area contributed by atoms with Crippen molar-refractivity contribution in [1.82, 2.24) is 4.90 Å². The number of amides is 2. The molecule has 2 amide bonds. The minimum atomic E-state index is -0.494. The lowest BCUT2D eigenvalue weighted by atomic mass is 9.51. The van der Waals surface area contributed by atoms with E-state index in [-0.39, 0.29) is 36.1 Å². The lowest BCUT2D eigenvalue weighted by molar-refractivity contribution is -0.123. The van der Waals surface area contributed by atoms with E-state index in [0.29, 0.717) is 24.0 Å². The SMILES string of the molecule is CC1=CC(OC(=O)c2ccc(Br)cc2)[C@H]2[C@@H](CCC3=CC(=O)N(C(=O)c4ccc(Br)cc4)CC[C@@]32C)[C@@H]1CCC#N. The summed E-state index contributed by atoms with van der Waals surface area (Å²) in [4.78, 5) is 41.6. The standard InChI is InChI=1S/C33H32Br2N2O4/c1-20-18-28(41-32(40)22-7-12-25(35)13-8-22)30-27(26(20)4-3-16-36)14-9-23-19-29(38)37(17-15-33(23,30)2)31(39)21-5-10-24(34)11-6-21/h5-8,10-13,18-19,26-28,30H,3-4,9,14-15,17H2,1-2H3/t26-,27+,28?,30-,33+/m1/s1. The minimum Gasteiger partial charge on any atom is -0.454 e. The Morgan fingerprint density at radius 3 is 2.34 bits per heavy atom. The van der Waals surface area contributed by atoms with Gasteiger partial charge in [0.15, 0.2) is 0 Å². The van der Waals surface area contributed by atoms with Gasteiger partial charge < -0.3 is 4.74 Å². The molecule has 0 radical (unpaired) electrons. The van der Waals surface area contributed by atoms with E-state index in [0.717, 1.165) is 39.4 Å². The highest BCUT2D eigenvalue weighted by Gasteiger charge is 2.54. The fourth-order valence-electron chi connectivity index (χ4n) is 7.10. The molecule has 3 aliphatic rings. The van der Waals surface area contributed by atoms with Gasteiger partial charge in [0.05, 0.1) is 11.6 Å². The molecule has 5 atom stereocenters. The van der Waals surface area contributed by atoms with Crippen molar-refractivity contribution >= 4 is 49.6 Å². The zero-order valence-corrected chi connectivity index (χ0v) is 26.3. The van der Waals surface area contributed by atoms with Crippen LogP contribution in [-0.2, 0) is 9.53 Å². The van der Waals surface area contributed by atoms with Gasteiger partial charge in [0, 0.05) is 39.5 Å². The second-order valence-corrected chi connectivity index (χ2v) is 13.3. The number of esters is 1. The number of rotatable bonds is 5. The summed E-state index contributed by atoms with van der Waals surface area (Å²) in [6.07, 6.45) is 6.55. The lowest BCUT2D eigenvalue weighted by Gasteiger charge is -2.54. The number of imide groups is 1. The highest BCUT2D eigenvalue weighted by Crippen LogP contribution is 2.58. The van der Waals surface area contributed by atoms with Crippen molar-refractivity contribution < 1.29 is 19.1 Å². The Kier molecular flexibility index (Phi) is 8.68. The predicted octanol–water partition coefficient (Wildman–Crippen LogP) is 7.65. The molecule has 6 nitrogen and oxygen atoms in total. The van der Waals surface area contributed by atoms with E-state index in [2.05, 4.69) is 57.9 Å². The molecule has 0 spiro atoms. The van der Waals surface area contributed by atoms with Crippen LogP contribution in [0.4, 0.5) is 0 Å². The van der Waals surface area contributed by atoms with Gasteiger partial charge in [0.2, 0.25) is 0 Å². The van der Waals surface area contributed by atoms with Gasteiger partial charge >= 0.3 is 5.97 Å². The van der Waals surface area contributed by atoms with Crippen LogP contribution in [0.15, 0.2) is 80.8 Å². The van der Waals surface area contributed by atoms with E-state index >= 15 is 0 Å². The van der Waals surface area contributed by atoms with Crippen LogP contribution in [0.3, 0.4) is 0 Å². The first-order valence-corrected chi connectivity index (χ1v) is 15.5. The summed E-state index contributed by atoms with van der Waals surface area (Å²) in [5.74, 6) is -0.728. The van der Waals surface area contributed by atoms with Crippen molar-refractivity contribution in [3.63, 3.8) is 0 Å². The van der Waals surface area contributed by atoms with Crippen LogP contribution >= 0.6 is 31.9 Å². The van der Waals surface area contributed by atoms with Crippen molar-refractivity contribution in [2.45, 2.75) is 52.1 Å². The molecule has 2 aromatic carbocycles. The monoisotopic (exact) mass is 678 g/mol. The van der Waals surface area contributed by atoms with Crippen molar-refractivity contribution in [3.8, 4) is 6.07 Å². The number of hydrogen-bond acceptors (Lipinski definition) is 5. The van der Waals surface area contributed by atoms with Gasteiger partial charge in [-0.15, -0.1) is 0 Å². The second kappa shape index (κ2) is 12.1. The topological polar surface area (TPSA) is 87.5 Å². The number of carbonyl (C=O) groups is 3. The maximum absolute atomic E-state index is 13.5. The first kappa shape index (κ1) is 29.5. The third-order valence-corrected chi connectivity index (χ3v) is 10.3. The van der Waals surface area contributed by atoms with Crippen molar-refractivity contribution in [3.05, 3.63) is 91.9 Å². The molecule has 1 saturated carbocycles. The van der Waals surface area contributed by atoms with Gasteiger partial charge in [-0.05, 0) is 104 Å². The van der Waals surface area contributed by atoms with Gasteiger partial charge in [-0.2, -0.15) is 5.26 Å².